The summed E-state index contributed by atoms with van der Waals surface area (Å²) in [6.07, 6.45) is 0.293. The van der Waals surface area contributed by atoms with Gasteiger partial charge in [-0.2, -0.15) is 0 Å². The van der Waals surface area contributed by atoms with Gasteiger partial charge in [0, 0.05) is 31.1 Å². The van der Waals surface area contributed by atoms with Gasteiger partial charge in [-0.25, -0.2) is 0 Å². The van der Waals surface area contributed by atoms with Crippen molar-refractivity contribution in [2.24, 2.45) is 50.7 Å². The van der Waals surface area contributed by atoms with E-state index in [1.165, 1.54) is 6.92 Å². The molecular formula is C34H52O10. The van der Waals surface area contributed by atoms with Crippen molar-refractivity contribution in [3.8, 4) is 0 Å². The third-order valence-corrected chi connectivity index (χ3v) is 14.3. The highest BCUT2D eigenvalue weighted by molar-refractivity contribution is 5.88. The number of hydrogen-bond acceptors (Lipinski definition) is 10. The summed E-state index contributed by atoms with van der Waals surface area (Å²) in [6, 6.07) is 0. The van der Waals surface area contributed by atoms with Gasteiger partial charge in [0.1, 0.15) is 36.8 Å². The van der Waals surface area contributed by atoms with Crippen LogP contribution in [0.15, 0.2) is 0 Å². The van der Waals surface area contributed by atoms with Gasteiger partial charge in [0.2, 0.25) is 0 Å². The number of aliphatic hydroxyl groups is 4. The Labute approximate surface area is 260 Å². The number of aliphatic hydroxyl groups excluding tert-OH is 4. The van der Waals surface area contributed by atoms with E-state index in [1.807, 2.05) is 6.92 Å². The number of ether oxygens (including phenoxy) is 3. The number of fused-ring (bicyclic) bond motifs is 2. The largest absolute Gasteiger partial charge is 0.462 e. The molecule has 0 aromatic heterocycles. The first-order valence-electron chi connectivity index (χ1n) is 16.6. The Morgan fingerprint density at radius 1 is 1.00 bits per heavy atom. The molecule has 5 aliphatic carbocycles. The fraction of sp³-hybridized carbons (Fsp3) is 0.912. The summed E-state index contributed by atoms with van der Waals surface area (Å²) in [5.41, 5.74) is -1.38. The maximum Gasteiger partial charge on any atom is 0.302 e. The summed E-state index contributed by atoms with van der Waals surface area (Å²) < 4.78 is 18.2. The van der Waals surface area contributed by atoms with Crippen molar-refractivity contribution in [2.75, 3.05) is 13.2 Å². The predicted molar refractivity (Wildman–Crippen MR) is 157 cm³/mol. The molecule has 6 aliphatic rings. The van der Waals surface area contributed by atoms with Crippen LogP contribution in [-0.4, -0.2) is 88.0 Å². The molecule has 1 heterocycles. The molecule has 0 radical (unpaired) electrons. The van der Waals surface area contributed by atoms with Crippen molar-refractivity contribution in [1.82, 2.24) is 0 Å². The van der Waals surface area contributed by atoms with Crippen molar-refractivity contribution in [1.29, 1.82) is 0 Å². The number of Topliss-reactive ketones (excluding diaryl/α,β-unsaturated/α-hetero) is 2. The first-order chi connectivity index (χ1) is 20.5. The normalized spacial score (nSPS) is 51.3. The fourth-order valence-corrected chi connectivity index (χ4v) is 12.4. The second kappa shape index (κ2) is 10.5. The van der Waals surface area contributed by atoms with Crippen molar-refractivity contribution in [3.05, 3.63) is 0 Å². The summed E-state index contributed by atoms with van der Waals surface area (Å²) >= 11 is 0. The number of hydrogen-bond donors (Lipinski definition) is 4. The lowest BCUT2D eigenvalue weighted by Crippen LogP contribution is -2.63. The van der Waals surface area contributed by atoms with Crippen molar-refractivity contribution in [2.45, 2.75) is 130 Å². The van der Waals surface area contributed by atoms with Gasteiger partial charge in [0.15, 0.2) is 12.1 Å². The summed E-state index contributed by atoms with van der Waals surface area (Å²) in [5.74, 6) is -0.632. The molecule has 0 bridgehead atoms. The molecule has 0 amide bonds. The summed E-state index contributed by atoms with van der Waals surface area (Å²) in [7, 11) is 0. The van der Waals surface area contributed by atoms with Crippen LogP contribution in [0.2, 0.25) is 0 Å². The highest BCUT2D eigenvalue weighted by Gasteiger charge is 2.85. The van der Waals surface area contributed by atoms with E-state index >= 15 is 0 Å². The van der Waals surface area contributed by atoms with Gasteiger partial charge in [0.05, 0.1) is 12.7 Å². The Morgan fingerprint density at radius 2 is 1.68 bits per heavy atom. The summed E-state index contributed by atoms with van der Waals surface area (Å²) in [4.78, 5) is 38.9. The van der Waals surface area contributed by atoms with Gasteiger partial charge < -0.3 is 34.6 Å². The highest BCUT2D eigenvalue weighted by Crippen LogP contribution is 2.89. The van der Waals surface area contributed by atoms with Crippen LogP contribution in [0.25, 0.3) is 0 Å². The van der Waals surface area contributed by atoms with Crippen LogP contribution in [0.4, 0.5) is 0 Å². The molecule has 10 heteroatoms. The molecule has 6 fully saturated rings. The smallest absolute Gasteiger partial charge is 0.302 e. The SMILES string of the molecule is CC(=O)O[C@@H]1C[C@@]23C[C@@]24CC[C@H](O[C@@H]2OC[C@H](O)[C@H](O)[C@H]2O)C(C)(C)[C@H]4CC[C@H]3[C@]2(C)CC(=O)[C@H]([C@H](C)CC(=O)CO)[C@@]12C. The van der Waals surface area contributed by atoms with Gasteiger partial charge in [-0.3, -0.25) is 14.4 Å². The van der Waals surface area contributed by atoms with Crippen molar-refractivity contribution >= 4 is 17.5 Å². The molecule has 10 nitrogen and oxygen atoms in total. The second-order valence-electron chi connectivity index (χ2n) is 16.4. The molecule has 1 aliphatic heterocycles. The molecule has 0 aromatic rings. The number of rotatable bonds is 7. The molecule has 2 spiro atoms. The topological polar surface area (TPSA) is 160 Å². The van der Waals surface area contributed by atoms with E-state index < -0.39 is 54.1 Å². The predicted octanol–water partition coefficient (Wildman–Crippen LogP) is 2.56. The number of ketones is 2. The second-order valence-corrected chi connectivity index (χ2v) is 16.4. The monoisotopic (exact) mass is 620 g/mol. The van der Waals surface area contributed by atoms with E-state index in [0.29, 0.717) is 18.8 Å². The lowest BCUT2D eigenvalue weighted by molar-refractivity contribution is -0.303. The van der Waals surface area contributed by atoms with Crippen LogP contribution in [-0.2, 0) is 28.6 Å². The molecule has 1 saturated heterocycles. The van der Waals surface area contributed by atoms with Crippen LogP contribution < -0.4 is 0 Å². The lowest BCUT2D eigenvalue weighted by atomic mass is 9.41. The minimum Gasteiger partial charge on any atom is -0.462 e. The lowest BCUT2D eigenvalue weighted by Gasteiger charge is -2.64. The minimum absolute atomic E-state index is 0.0172. The standard InChI is InChI=1S/C34H52O10/c1-17(11-19(37)14-35)26-20(38)12-31(5)23-8-7-22-30(3,4)24(44-29-28(41)27(40)21(39)15-42-29)9-10-33(22)16-34(23,33)13-25(32(26,31)6)43-18(2)36/h17,21-29,35,39-41H,7-16H2,1-6H3/t17-,21+,22-,23+,24+,25-,26+,27+,28-,29+,31+,32-,33-,34+/m1/s1. The van der Waals surface area contributed by atoms with Gasteiger partial charge >= 0.3 is 5.97 Å². The van der Waals surface area contributed by atoms with Crippen LogP contribution in [0.1, 0.15) is 92.9 Å². The fourth-order valence-electron chi connectivity index (χ4n) is 12.4. The molecular weight excluding hydrogens is 568 g/mol. The zero-order chi connectivity index (χ0) is 32.2. The summed E-state index contributed by atoms with van der Waals surface area (Å²) in [6.45, 7) is 11.5. The number of carbonyl (C=O) groups is 3. The third kappa shape index (κ3) is 4.23. The molecule has 14 atom stereocenters. The summed E-state index contributed by atoms with van der Waals surface area (Å²) in [5, 5.41) is 40.2. The van der Waals surface area contributed by atoms with Crippen LogP contribution in [0.3, 0.4) is 0 Å². The average molecular weight is 621 g/mol. The number of esters is 1. The first kappa shape index (κ1) is 32.5. The maximum atomic E-state index is 14.0. The quantitative estimate of drug-likeness (QED) is 0.246. The van der Waals surface area contributed by atoms with E-state index in [4.69, 9.17) is 14.2 Å². The molecule has 5 saturated carbocycles. The molecule has 6 rings (SSSR count). The Balaban J connectivity index is 1.31. The van der Waals surface area contributed by atoms with Gasteiger partial charge in [0.25, 0.3) is 0 Å². The van der Waals surface area contributed by atoms with E-state index in [1.54, 1.807) is 0 Å². The Kier molecular flexibility index (Phi) is 7.79. The minimum atomic E-state index is -1.34. The molecule has 0 unspecified atom stereocenters. The van der Waals surface area contributed by atoms with Crippen LogP contribution in [0, 0.1) is 50.7 Å². The van der Waals surface area contributed by atoms with Gasteiger partial charge in [-0.15, -0.1) is 0 Å². The highest BCUT2D eigenvalue weighted by atomic mass is 16.7. The zero-order valence-corrected chi connectivity index (χ0v) is 27.1. The molecule has 0 aromatic carbocycles. The van der Waals surface area contributed by atoms with Crippen LogP contribution in [0.5, 0.6) is 0 Å². The van der Waals surface area contributed by atoms with Gasteiger partial charge in [-0.1, -0.05) is 34.6 Å². The van der Waals surface area contributed by atoms with E-state index in [-0.39, 0.29) is 64.7 Å². The number of carbonyl (C=O) groups excluding carboxylic acids is 3. The van der Waals surface area contributed by atoms with Crippen molar-refractivity contribution in [3.63, 3.8) is 0 Å². The van der Waals surface area contributed by atoms with Crippen molar-refractivity contribution < 1.29 is 49.0 Å². The first-order valence-corrected chi connectivity index (χ1v) is 16.6. The zero-order valence-electron chi connectivity index (χ0n) is 27.1. The maximum absolute atomic E-state index is 14.0. The molecule has 44 heavy (non-hydrogen) atoms. The Bertz CT molecular complexity index is 1200. The van der Waals surface area contributed by atoms with Gasteiger partial charge in [-0.05, 0) is 77.9 Å². The van der Waals surface area contributed by atoms with E-state index in [0.717, 1.165) is 32.1 Å². The molecule has 4 N–H and O–H groups in total. The Morgan fingerprint density at radius 3 is 2.34 bits per heavy atom. The van der Waals surface area contributed by atoms with Crippen LogP contribution >= 0.6 is 0 Å². The van der Waals surface area contributed by atoms with E-state index in [2.05, 4.69) is 27.7 Å². The molecule has 248 valence electrons. The Hall–Kier alpha value is -1.43. The van der Waals surface area contributed by atoms with E-state index in [9.17, 15) is 34.8 Å². The third-order valence-electron chi connectivity index (χ3n) is 14.3. The average Bonchev–Trinajstić information content (AvgIpc) is 3.53.